The number of aliphatic imine (C=N–C) groups is 1. The van der Waals surface area contributed by atoms with Crippen molar-refractivity contribution in [3.05, 3.63) is 35.4 Å². The number of ether oxygens (including phenoxy) is 1. The Balaban J connectivity index is 0.00000961. The molecule has 0 unspecified atom stereocenters. The van der Waals surface area contributed by atoms with Gasteiger partial charge in [-0.3, -0.25) is 4.99 Å². The molecule has 1 amide bonds. The smallest absolute Gasteiger partial charge is 0.410 e. The number of halogens is 1. The summed E-state index contributed by atoms with van der Waals surface area (Å²) in [5, 5.41) is 6.73. The maximum atomic E-state index is 12.1. The van der Waals surface area contributed by atoms with Gasteiger partial charge in [0.15, 0.2) is 5.96 Å². The number of benzene rings is 1. The van der Waals surface area contributed by atoms with Gasteiger partial charge in [0.05, 0.1) is 0 Å². The first-order chi connectivity index (χ1) is 14.5. The molecule has 0 aromatic heterocycles. The number of unbranched alkanes of at least 4 members (excludes halogenated alkanes) is 1. The van der Waals surface area contributed by atoms with Crippen molar-refractivity contribution in [2.75, 3.05) is 34.2 Å². The van der Waals surface area contributed by atoms with Crippen molar-refractivity contribution in [2.45, 2.75) is 72.2 Å². The van der Waals surface area contributed by atoms with Gasteiger partial charge in [-0.1, -0.05) is 24.3 Å². The summed E-state index contributed by atoms with van der Waals surface area (Å²) < 4.78 is 5.40. The standard InChI is InChI=1S/C24H43N5O2.HI/c1-19(2)28(7)16-10-9-15-26-22(25-6)27-17-20-11-13-21(14-12-20)18-29(8)23(30)31-24(3,4)5;/h11-14,19H,9-10,15-18H2,1-8H3,(H2,25,26,27);1H. The van der Waals surface area contributed by atoms with Crippen LogP contribution >= 0.6 is 24.0 Å². The average molecular weight is 562 g/mol. The number of carbonyl (C=O) groups is 1. The third-order valence-electron chi connectivity index (χ3n) is 4.94. The van der Waals surface area contributed by atoms with Crippen LogP contribution in [0.2, 0.25) is 0 Å². The van der Waals surface area contributed by atoms with E-state index in [1.165, 1.54) is 0 Å². The van der Waals surface area contributed by atoms with Crippen LogP contribution in [0.3, 0.4) is 0 Å². The van der Waals surface area contributed by atoms with Crippen molar-refractivity contribution < 1.29 is 9.53 Å². The molecule has 0 aliphatic carbocycles. The number of rotatable bonds is 10. The Morgan fingerprint density at radius 1 is 1.06 bits per heavy atom. The number of hydrogen-bond donors (Lipinski definition) is 2. The molecule has 0 spiro atoms. The summed E-state index contributed by atoms with van der Waals surface area (Å²) in [6, 6.07) is 8.81. The molecule has 0 bridgehead atoms. The first-order valence-electron chi connectivity index (χ1n) is 11.2. The molecule has 0 heterocycles. The van der Waals surface area contributed by atoms with E-state index in [1.54, 1.807) is 19.0 Å². The topological polar surface area (TPSA) is 69.2 Å². The zero-order chi connectivity index (χ0) is 23.4. The lowest BCUT2D eigenvalue weighted by atomic mass is 10.1. The molecule has 1 rings (SSSR count). The molecule has 0 aliphatic rings. The number of hydrogen-bond acceptors (Lipinski definition) is 4. The molecule has 0 fully saturated rings. The maximum Gasteiger partial charge on any atom is 0.410 e. The second-order valence-electron chi connectivity index (χ2n) is 9.29. The lowest BCUT2D eigenvalue weighted by Gasteiger charge is -2.24. The molecule has 2 N–H and O–H groups in total. The summed E-state index contributed by atoms with van der Waals surface area (Å²) in [6.07, 6.45) is 1.96. The number of guanidine groups is 1. The number of nitrogens with zero attached hydrogens (tertiary/aromatic N) is 3. The van der Waals surface area contributed by atoms with E-state index in [9.17, 15) is 4.79 Å². The van der Waals surface area contributed by atoms with Gasteiger partial charge in [0.2, 0.25) is 0 Å². The zero-order valence-corrected chi connectivity index (χ0v) is 23.5. The van der Waals surface area contributed by atoms with Crippen LogP contribution in [0.15, 0.2) is 29.3 Å². The predicted octanol–water partition coefficient (Wildman–Crippen LogP) is 4.46. The highest BCUT2D eigenvalue weighted by atomic mass is 127. The van der Waals surface area contributed by atoms with E-state index in [0.29, 0.717) is 19.1 Å². The second-order valence-corrected chi connectivity index (χ2v) is 9.29. The molecule has 184 valence electrons. The van der Waals surface area contributed by atoms with Crippen molar-refractivity contribution in [1.29, 1.82) is 0 Å². The van der Waals surface area contributed by atoms with E-state index >= 15 is 0 Å². The molecule has 1 aromatic carbocycles. The second kappa shape index (κ2) is 15.3. The summed E-state index contributed by atoms with van der Waals surface area (Å²) in [7, 11) is 5.71. The fourth-order valence-corrected chi connectivity index (χ4v) is 2.80. The number of amides is 1. The predicted molar refractivity (Wildman–Crippen MR) is 145 cm³/mol. The van der Waals surface area contributed by atoms with Crippen LogP contribution in [0.5, 0.6) is 0 Å². The van der Waals surface area contributed by atoms with Crippen LogP contribution in [0, 0.1) is 0 Å². The first-order valence-corrected chi connectivity index (χ1v) is 11.2. The molecular formula is C24H44IN5O2. The third-order valence-corrected chi connectivity index (χ3v) is 4.94. The van der Waals surface area contributed by atoms with Crippen molar-refractivity contribution >= 4 is 36.0 Å². The summed E-state index contributed by atoms with van der Waals surface area (Å²) >= 11 is 0. The normalized spacial score (nSPS) is 11.9. The van der Waals surface area contributed by atoms with Crippen LogP contribution in [0.25, 0.3) is 0 Å². The summed E-state index contributed by atoms with van der Waals surface area (Å²) in [5.41, 5.74) is 1.73. The van der Waals surface area contributed by atoms with Crippen LogP contribution in [-0.2, 0) is 17.8 Å². The van der Waals surface area contributed by atoms with Crippen molar-refractivity contribution in [3.8, 4) is 0 Å². The molecular weight excluding hydrogens is 517 g/mol. The Bertz CT molecular complexity index is 687. The van der Waals surface area contributed by atoms with Gasteiger partial charge < -0.3 is 25.2 Å². The van der Waals surface area contributed by atoms with Gasteiger partial charge in [0.25, 0.3) is 0 Å². The molecule has 0 aliphatic heterocycles. The fraction of sp³-hybridized carbons (Fsp3) is 0.667. The van der Waals surface area contributed by atoms with E-state index in [4.69, 9.17) is 4.74 Å². The van der Waals surface area contributed by atoms with Crippen molar-refractivity contribution in [2.24, 2.45) is 4.99 Å². The molecule has 0 saturated heterocycles. The Hall–Kier alpha value is -1.55. The molecule has 0 atom stereocenters. The van der Waals surface area contributed by atoms with Crippen LogP contribution in [0.1, 0.15) is 58.6 Å². The van der Waals surface area contributed by atoms with Gasteiger partial charge >= 0.3 is 6.09 Å². The fourth-order valence-electron chi connectivity index (χ4n) is 2.80. The number of carbonyl (C=O) groups excluding carboxylic acids is 1. The Morgan fingerprint density at radius 2 is 1.66 bits per heavy atom. The third kappa shape index (κ3) is 13.1. The van der Waals surface area contributed by atoms with E-state index in [1.807, 2.05) is 32.9 Å². The largest absolute Gasteiger partial charge is 0.444 e. The van der Waals surface area contributed by atoms with E-state index in [0.717, 1.165) is 43.0 Å². The Morgan fingerprint density at radius 3 is 2.19 bits per heavy atom. The summed E-state index contributed by atoms with van der Waals surface area (Å²) in [6.45, 7) is 13.3. The molecule has 32 heavy (non-hydrogen) atoms. The van der Waals surface area contributed by atoms with Gasteiger partial charge in [-0.25, -0.2) is 4.79 Å². The SMILES string of the molecule is CN=C(NCCCCN(C)C(C)C)NCc1ccc(CN(C)C(=O)OC(C)(C)C)cc1.I. The molecule has 8 heteroatoms. The van der Waals surface area contributed by atoms with E-state index < -0.39 is 5.60 Å². The van der Waals surface area contributed by atoms with E-state index in [2.05, 4.69) is 53.6 Å². The molecule has 7 nitrogen and oxygen atoms in total. The van der Waals surface area contributed by atoms with E-state index in [-0.39, 0.29) is 30.1 Å². The minimum atomic E-state index is -0.488. The monoisotopic (exact) mass is 561 g/mol. The van der Waals surface area contributed by atoms with Gasteiger partial charge in [-0.15, -0.1) is 24.0 Å². The maximum absolute atomic E-state index is 12.1. The molecule has 1 aromatic rings. The Kier molecular flexibility index (Phi) is 14.6. The molecule has 0 saturated carbocycles. The highest BCUT2D eigenvalue weighted by molar-refractivity contribution is 14.0. The number of nitrogens with one attached hydrogen (secondary N) is 2. The summed E-state index contributed by atoms with van der Waals surface area (Å²) in [4.78, 5) is 20.3. The van der Waals surface area contributed by atoms with Gasteiger partial charge in [0.1, 0.15) is 5.60 Å². The van der Waals surface area contributed by atoms with Crippen molar-refractivity contribution in [3.63, 3.8) is 0 Å². The van der Waals surface area contributed by atoms with Crippen LogP contribution in [-0.4, -0.2) is 67.7 Å². The first kappa shape index (κ1) is 30.4. The highest BCUT2D eigenvalue weighted by Gasteiger charge is 2.19. The van der Waals surface area contributed by atoms with Crippen molar-refractivity contribution in [1.82, 2.24) is 20.4 Å². The van der Waals surface area contributed by atoms with Gasteiger partial charge in [-0.2, -0.15) is 0 Å². The van der Waals surface area contributed by atoms with Crippen LogP contribution < -0.4 is 10.6 Å². The zero-order valence-electron chi connectivity index (χ0n) is 21.2. The average Bonchev–Trinajstić information content (AvgIpc) is 2.69. The molecule has 0 radical (unpaired) electrons. The van der Waals surface area contributed by atoms with Gasteiger partial charge in [-0.05, 0) is 72.2 Å². The van der Waals surface area contributed by atoms with Crippen LogP contribution in [0.4, 0.5) is 4.79 Å². The minimum Gasteiger partial charge on any atom is -0.444 e. The van der Waals surface area contributed by atoms with Gasteiger partial charge in [0, 0.05) is 39.8 Å². The lowest BCUT2D eigenvalue weighted by molar-refractivity contribution is 0.0285. The summed E-state index contributed by atoms with van der Waals surface area (Å²) in [5.74, 6) is 0.811. The minimum absolute atomic E-state index is 0. The highest BCUT2D eigenvalue weighted by Crippen LogP contribution is 2.12. The lowest BCUT2D eigenvalue weighted by Crippen LogP contribution is -2.37. The quantitative estimate of drug-likeness (QED) is 0.191. The Labute approximate surface area is 212 Å².